The molecule has 1 atom stereocenters. The lowest BCUT2D eigenvalue weighted by Crippen LogP contribution is -2.36. The van der Waals surface area contributed by atoms with Gasteiger partial charge < -0.3 is 10.4 Å². The van der Waals surface area contributed by atoms with Crippen molar-refractivity contribution in [2.24, 2.45) is 5.92 Å². The number of carbonyl (C=O) groups is 1. The Morgan fingerprint density at radius 3 is 2.56 bits per heavy atom. The van der Waals surface area contributed by atoms with Crippen molar-refractivity contribution >= 4 is 39.2 Å². The Morgan fingerprint density at radius 2 is 2.11 bits per heavy atom. The number of halogens is 5. The fraction of sp³-hybridized carbons (Fsp3) is 0.300. The van der Waals surface area contributed by atoms with E-state index < -0.39 is 24.6 Å². The van der Waals surface area contributed by atoms with Gasteiger partial charge in [-0.25, -0.2) is 0 Å². The van der Waals surface area contributed by atoms with Gasteiger partial charge in [-0.2, -0.15) is 13.2 Å². The second kappa shape index (κ2) is 5.79. The molecule has 0 aliphatic carbocycles. The van der Waals surface area contributed by atoms with Crippen LogP contribution in [0.2, 0.25) is 5.02 Å². The fourth-order valence-corrected chi connectivity index (χ4v) is 1.60. The molecule has 0 bridgehead atoms. The third-order valence-corrected chi connectivity index (χ3v) is 3.36. The first-order chi connectivity index (χ1) is 8.21. The van der Waals surface area contributed by atoms with E-state index in [0.717, 1.165) is 0 Å². The second-order valence-electron chi connectivity index (χ2n) is 3.44. The number of anilines is 1. The zero-order valence-electron chi connectivity index (χ0n) is 8.76. The van der Waals surface area contributed by atoms with E-state index in [-0.39, 0.29) is 0 Å². The van der Waals surface area contributed by atoms with Crippen LogP contribution < -0.4 is 5.32 Å². The summed E-state index contributed by atoms with van der Waals surface area (Å²) < 4.78 is 37.7. The molecule has 100 valence electrons. The van der Waals surface area contributed by atoms with Gasteiger partial charge in [0.15, 0.2) is 5.92 Å². The molecular formula is C10H8BrClF3NO2. The van der Waals surface area contributed by atoms with Gasteiger partial charge in [-0.15, -0.1) is 0 Å². The molecule has 0 aromatic heterocycles. The van der Waals surface area contributed by atoms with Crippen LogP contribution in [0.25, 0.3) is 0 Å². The normalized spacial score (nSPS) is 13.2. The maximum Gasteiger partial charge on any atom is 0.403 e. The zero-order valence-corrected chi connectivity index (χ0v) is 11.1. The highest BCUT2D eigenvalue weighted by Gasteiger charge is 2.44. The predicted molar refractivity (Wildman–Crippen MR) is 64.8 cm³/mol. The summed E-state index contributed by atoms with van der Waals surface area (Å²) in [7, 11) is 0. The van der Waals surface area contributed by atoms with Crippen molar-refractivity contribution in [2.75, 3.05) is 11.9 Å². The quantitative estimate of drug-likeness (QED) is 0.872. The van der Waals surface area contributed by atoms with Gasteiger partial charge in [0.25, 0.3) is 0 Å². The summed E-state index contributed by atoms with van der Waals surface area (Å²) >= 11 is 8.89. The molecule has 0 amide bonds. The number of carboxylic acid groups (broad SMARTS) is 1. The van der Waals surface area contributed by atoms with Crippen molar-refractivity contribution in [1.82, 2.24) is 0 Å². The largest absolute Gasteiger partial charge is 0.481 e. The van der Waals surface area contributed by atoms with Gasteiger partial charge in [-0.1, -0.05) is 11.6 Å². The van der Waals surface area contributed by atoms with E-state index in [2.05, 4.69) is 21.2 Å². The minimum absolute atomic E-state index is 0.318. The van der Waals surface area contributed by atoms with E-state index in [1.807, 2.05) is 0 Å². The SMILES string of the molecule is O=C(O)C(CNc1ccc(Br)c(Cl)c1)C(F)(F)F. The predicted octanol–water partition coefficient (Wildman–Crippen LogP) is 3.78. The molecule has 1 rings (SSSR count). The first-order valence-electron chi connectivity index (χ1n) is 4.70. The first-order valence-corrected chi connectivity index (χ1v) is 5.87. The average molecular weight is 347 g/mol. The molecule has 0 spiro atoms. The average Bonchev–Trinajstić information content (AvgIpc) is 2.21. The lowest BCUT2D eigenvalue weighted by Gasteiger charge is -2.17. The number of benzene rings is 1. The highest BCUT2D eigenvalue weighted by molar-refractivity contribution is 9.10. The monoisotopic (exact) mass is 345 g/mol. The molecule has 0 saturated heterocycles. The summed E-state index contributed by atoms with van der Waals surface area (Å²) in [5.41, 5.74) is 0.318. The highest BCUT2D eigenvalue weighted by atomic mass is 79.9. The molecule has 1 unspecified atom stereocenters. The smallest absolute Gasteiger partial charge is 0.403 e. The highest BCUT2D eigenvalue weighted by Crippen LogP contribution is 2.28. The van der Waals surface area contributed by atoms with Crippen LogP contribution in [-0.4, -0.2) is 23.8 Å². The summed E-state index contributed by atoms with van der Waals surface area (Å²) in [6.45, 7) is -0.753. The van der Waals surface area contributed by atoms with Crippen LogP contribution >= 0.6 is 27.5 Å². The molecule has 0 radical (unpaired) electrons. The van der Waals surface area contributed by atoms with Gasteiger partial charge in [0.1, 0.15) is 0 Å². The molecule has 18 heavy (non-hydrogen) atoms. The molecule has 2 N–H and O–H groups in total. The molecule has 0 aliphatic rings. The van der Waals surface area contributed by atoms with Gasteiger partial charge in [0.2, 0.25) is 0 Å². The van der Waals surface area contributed by atoms with Gasteiger partial charge in [-0.3, -0.25) is 4.79 Å². The molecule has 0 saturated carbocycles. The Bertz CT molecular complexity index is 453. The van der Waals surface area contributed by atoms with Crippen LogP contribution in [0.3, 0.4) is 0 Å². The number of carboxylic acids is 1. The van der Waals surface area contributed by atoms with Crippen LogP contribution in [-0.2, 0) is 4.79 Å². The van der Waals surface area contributed by atoms with Crippen LogP contribution in [0.4, 0.5) is 18.9 Å². The minimum atomic E-state index is -4.79. The molecule has 3 nitrogen and oxygen atoms in total. The summed E-state index contributed by atoms with van der Waals surface area (Å²) in [6, 6.07) is 4.44. The summed E-state index contributed by atoms with van der Waals surface area (Å²) in [6.07, 6.45) is -4.79. The molecule has 0 fully saturated rings. The number of rotatable bonds is 4. The Labute approximate surface area is 114 Å². The van der Waals surface area contributed by atoms with Crippen molar-refractivity contribution in [2.45, 2.75) is 6.18 Å². The molecule has 1 aromatic carbocycles. The molecule has 8 heteroatoms. The van der Waals surface area contributed by atoms with Crippen molar-refractivity contribution in [3.05, 3.63) is 27.7 Å². The molecule has 1 aromatic rings. The number of hydrogen-bond acceptors (Lipinski definition) is 2. The Morgan fingerprint density at radius 1 is 1.50 bits per heavy atom. The van der Waals surface area contributed by atoms with Crippen LogP contribution in [0.15, 0.2) is 22.7 Å². The summed E-state index contributed by atoms with van der Waals surface area (Å²) in [5, 5.41) is 11.2. The topological polar surface area (TPSA) is 49.3 Å². The Balaban J connectivity index is 2.73. The van der Waals surface area contributed by atoms with Crippen molar-refractivity contribution in [3.8, 4) is 0 Å². The first kappa shape index (κ1) is 15.1. The van der Waals surface area contributed by atoms with E-state index in [1.54, 1.807) is 6.07 Å². The molecule has 0 aliphatic heterocycles. The number of alkyl halides is 3. The Hall–Kier alpha value is -0.950. The van der Waals surface area contributed by atoms with E-state index in [0.29, 0.717) is 15.2 Å². The summed E-state index contributed by atoms with van der Waals surface area (Å²) in [5.74, 6) is -4.38. The molecular weight excluding hydrogens is 338 g/mol. The van der Waals surface area contributed by atoms with E-state index in [4.69, 9.17) is 16.7 Å². The van der Waals surface area contributed by atoms with Gasteiger partial charge in [0, 0.05) is 16.7 Å². The second-order valence-corrected chi connectivity index (χ2v) is 4.70. The third kappa shape index (κ3) is 4.06. The van der Waals surface area contributed by atoms with Crippen LogP contribution in [0, 0.1) is 5.92 Å². The van der Waals surface area contributed by atoms with Crippen molar-refractivity contribution in [3.63, 3.8) is 0 Å². The number of aliphatic carboxylic acids is 1. The number of nitrogens with one attached hydrogen (secondary N) is 1. The van der Waals surface area contributed by atoms with Gasteiger partial charge in [0.05, 0.1) is 5.02 Å². The van der Waals surface area contributed by atoms with E-state index in [1.165, 1.54) is 12.1 Å². The minimum Gasteiger partial charge on any atom is -0.481 e. The fourth-order valence-electron chi connectivity index (χ4n) is 1.17. The van der Waals surface area contributed by atoms with Gasteiger partial charge >= 0.3 is 12.1 Å². The lowest BCUT2D eigenvalue weighted by molar-refractivity contribution is -0.190. The van der Waals surface area contributed by atoms with Crippen molar-refractivity contribution < 1.29 is 23.1 Å². The van der Waals surface area contributed by atoms with Crippen LogP contribution in [0.5, 0.6) is 0 Å². The maximum absolute atomic E-state index is 12.4. The van der Waals surface area contributed by atoms with E-state index >= 15 is 0 Å². The molecule has 0 heterocycles. The number of hydrogen-bond donors (Lipinski definition) is 2. The Kier molecular flexibility index (Phi) is 4.86. The lowest BCUT2D eigenvalue weighted by atomic mass is 10.1. The van der Waals surface area contributed by atoms with Crippen LogP contribution in [0.1, 0.15) is 0 Å². The summed E-state index contributed by atoms with van der Waals surface area (Å²) in [4.78, 5) is 10.5. The van der Waals surface area contributed by atoms with Crippen molar-refractivity contribution in [1.29, 1.82) is 0 Å². The third-order valence-electron chi connectivity index (χ3n) is 2.12. The van der Waals surface area contributed by atoms with E-state index in [9.17, 15) is 18.0 Å². The van der Waals surface area contributed by atoms with Gasteiger partial charge in [-0.05, 0) is 34.1 Å². The standard InChI is InChI=1S/C10H8BrClF3NO2/c11-7-2-1-5(3-8(7)12)16-4-6(9(17)18)10(13,14)15/h1-3,6,16H,4H2,(H,17,18). The zero-order chi connectivity index (χ0) is 13.9. The maximum atomic E-state index is 12.4.